The zero-order valence-electron chi connectivity index (χ0n) is 41.4. The fraction of sp³-hybridized carbons (Fsp3) is 0.431. The number of nitrogens with zero attached hydrogens (tertiary/aromatic N) is 5. The molecule has 2 heterocycles. The Morgan fingerprint density at radius 1 is 0.771 bits per heavy atom. The minimum absolute atomic E-state index is 0.00620. The molecule has 0 fully saturated rings. The van der Waals surface area contributed by atoms with E-state index in [4.69, 9.17) is 23.7 Å². The fourth-order valence-electron chi connectivity index (χ4n) is 7.24. The predicted molar refractivity (Wildman–Crippen MR) is 257 cm³/mol. The molecule has 0 saturated heterocycles. The van der Waals surface area contributed by atoms with Crippen molar-refractivity contribution in [2.45, 2.75) is 131 Å². The van der Waals surface area contributed by atoms with Crippen molar-refractivity contribution in [2.75, 3.05) is 13.2 Å². The van der Waals surface area contributed by atoms with Gasteiger partial charge in [0, 0.05) is 55.1 Å². The van der Waals surface area contributed by atoms with E-state index in [-0.39, 0.29) is 69.3 Å². The van der Waals surface area contributed by atoms with Crippen molar-refractivity contribution in [3.05, 3.63) is 134 Å². The third-order valence-electron chi connectivity index (χ3n) is 10.2. The smallest absolute Gasteiger partial charge is 0.436 e. The highest BCUT2D eigenvalue weighted by Gasteiger charge is 2.37. The first-order valence-corrected chi connectivity index (χ1v) is 22.8. The highest BCUT2D eigenvalue weighted by atomic mass is 16.6. The molecular weight excluding hydrogens is 905 g/mol. The molecule has 70 heavy (non-hydrogen) atoms. The van der Waals surface area contributed by atoms with Gasteiger partial charge in [0.05, 0.1) is 24.0 Å². The first kappa shape index (κ1) is 53.5. The lowest BCUT2D eigenvalue weighted by molar-refractivity contribution is -0.384. The predicted octanol–water partition coefficient (Wildman–Crippen LogP) is 8.83. The van der Waals surface area contributed by atoms with Crippen molar-refractivity contribution in [1.82, 2.24) is 19.7 Å². The zero-order valence-corrected chi connectivity index (χ0v) is 41.4. The summed E-state index contributed by atoms with van der Waals surface area (Å²) in [5, 5.41) is 14.8. The van der Waals surface area contributed by atoms with E-state index >= 15 is 0 Å². The third-order valence-corrected chi connectivity index (χ3v) is 10.2. The highest BCUT2D eigenvalue weighted by molar-refractivity contribution is 6.18. The van der Waals surface area contributed by atoms with Crippen molar-refractivity contribution in [3.8, 4) is 0 Å². The standard InChI is InChI=1S/C51H62N6O13/c1-11-66-42(58)29-39-28-37-31-54(26-25-41(37)55(39)46(61)67-32-35-15-13-12-14-16-35)44(59)40(27-33-19-23-38(24-20-33)57(64)65)52-30-34-17-21-36(22-18-34)43(53-45(60)68-49(2,3)4)56(47(62)69-50(5,6)7)48(63)70-51(8,9)10/h12-24,28,40,52H,11,25-27,29-32H2,1-10H3/t40-/m0/s1. The summed E-state index contributed by atoms with van der Waals surface area (Å²) in [5.41, 5.74) is 0.616. The van der Waals surface area contributed by atoms with Crippen LogP contribution >= 0.6 is 0 Å². The van der Waals surface area contributed by atoms with Gasteiger partial charge < -0.3 is 33.9 Å². The molecule has 0 aliphatic carbocycles. The molecule has 19 nitrogen and oxygen atoms in total. The Morgan fingerprint density at radius 2 is 1.36 bits per heavy atom. The minimum atomic E-state index is -1.15. The Hall–Kier alpha value is -7.41. The number of imide groups is 1. The van der Waals surface area contributed by atoms with Gasteiger partial charge in [-0.15, -0.1) is 0 Å². The second-order valence-corrected chi connectivity index (χ2v) is 19.4. The molecule has 0 saturated carbocycles. The summed E-state index contributed by atoms with van der Waals surface area (Å²) in [5.74, 6) is -1.25. The van der Waals surface area contributed by atoms with Crippen molar-refractivity contribution < 1.29 is 57.4 Å². The van der Waals surface area contributed by atoms with Crippen molar-refractivity contribution in [1.29, 1.82) is 0 Å². The lowest BCUT2D eigenvalue weighted by Crippen LogP contribution is -2.49. The topological polar surface area (TPSA) is 228 Å². The lowest BCUT2D eigenvalue weighted by Gasteiger charge is -2.31. The van der Waals surface area contributed by atoms with Crippen LogP contribution in [0.2, 0.25) is 0 Å². The lowest BCUT2D eigenvalue weighted by atomic mass is 10.0. The second kappa shape index (κ2) is 22.8. The zero-order chi connectivity index (χ0) is 51.6. The van der Waals surface area contributed by atoms with Gasteiger partial charge in [0.1, 0.15) is 23.4 Å². The van der Waals surface area contributed by atoms with E-state index in [2.05, 4.69) is 10.3 Å². The first-order valence-electron chi connectivity index (χ1n) is 22.8. The Labute approximate surface area is 407 Å². The number of nitro groups is 1. The molecule has 1 aliphatic heterocycles. The number of amidine groups is 1. The minimum Gasteiger partial charge on any atom is -0.466 e. The number of fused-ring (bicyclic) bond motifs is 1. The number of hydrogen-bond acceptors (Lipinski definition) is 14. The number of benzene rings is 3. The normalized spacial score (nSPS) is 13.3. The van der Waals surface area contributed by atoms with Crippen LogP contribution in [0.25, 0.3) is 0 Å². The number of carbonyl (C=O) groups is 6. The summed E-state index contributed by atoms with van der Waals surface area (Å²) in [6, 6.07) is 22.3. The largest absolute Gasteiger partial charge is 0.466 e. The quantitative estimate of drug-likeness (QED) is 0.0330. The number of aromatic nitrogens is 1. The number of hydrogen-bond donors (Lipinski definition) is 1. The maximum atomic E-state index is 14.6. The molecule has 5 rings (SSSR count). The van der Waals surface area contributed by atoms with Gasteiger partial charge in [0.2, 0.25) is 5.91 Å². The molecule has 4 amide bonds. The van der Waals surface area contributed by atoms with Crippen LogP contribution in [-0.4, -0.2) is 97.4 Å². The molecule has 0 bridgehead atoms. The second-order valence-electron chi connectivity index (χ2n) is 19.4. The van der Waals surface area contributed by atoms with Crippen LogP contribution in [-0.2, 0) is 72.2 Å². The Kier molecular flexibility index (Phi) is 17.4. The van der Waals surface area contributed by atoms with E-state index < -0.39 is 63.9 Å². The summed E-state index contributed by atoms with van der Waals surface area (Å²) in [7, 11) is 0. The first-order chi connectivity index (χ1) is 32.8. The average molecular weight is 967 g/mol. The summed E-state index contributed by atoms with van der Waals surface area (Å²) in [4.78, 5) is 98.8. The van der Waals surface area contributed by atoms with Crippen LogP contribution in [0.5, 0.6) is 0 Å². The molecule has 4 aromatic rings. The molecule has 0 radical (unpaired) electrons. The molecule has 19 heteroatoms. The van der Waals surface area contributed by atoms with Crippen LogP contribution in [0, 0.1) is 10.1 Å². The number of carbonyl (C=O) groups excluding carboxylic acids is 6. The molecule has 374 valence electrons. The van der Waals surface area contributed by atoms with E-state index in [1.807, 2.05) is 30.3 Å². The maximum absolute atomic E-state index is 14.6. The van der Waals surface area contributed by atoms with Crippen molar-refractivity contribution in [2.24, 2.45) is 4.99 Å². The number of rotatable bonds is 13. The molecule has 1 atom stereocenters. The van der Waals surface area contributed by atoms with Gasteiger partial charge in [-0.3, -0.25) is 24.3 Å². The van der Waals surface area contributed by atoms with Crippen LogP contribution in [0.3, 0.4) is 0 Å². The van der Waals surface area contributed by atoms with Gasteiger partial charge in [0.25, 0.3) is 5.69 Å². The van der Waals surface area contributed by atoms with Gasteiger partial charge in [-0.05, 0) is 104 Å². The number of aliphatic imine (C=N–C) groups is 1. The molecule has 1 aromatic heterocycles. The van der Waals surface area contributed by atoms with E-state index in [1.54, 1.807) is 104 Å². The van der Waals surface area contributed by atoms with Gasteiger partial charge in [-0.1, -0.05) is 66.7 Å². The molecule has 1 N–H and O–H groups in total. The molecule has 0 unspecified atom stereocenters. The Balaban J connectivity index is 1.45. The van der Waals surface area contributed by atoms with Crippen LogP contribution in [0.1, 0.15) is 108 Å². The van der Waals surface area contributed by atoms with Crippen molar-refractivity contribution >= 4 is 47.8 Å². The third kappa shape index (κ3) is 15.6. The number of non-ortho nitro benzene ring substituents is 1. The van der Waals surface area contributed by atoms with E-state index in [0.717, 1.165) is 5.56 Å². The molecular formula is C51H62N6O13. The van der Waals surface area contributed by atoms with E-state index in [1.165, 1.54) is 28.8 Å². The monoisotopic (exact) mass is 966 g/mol. The summed E-state index contributed by atoms with van der Waals surface area (Å²) >= 11 is 0. The number of amides is 4. The van der Waals surface area contributed by atoms with Crippen LogP contribution in [0.4, 0.5) is 24.9 Å². The number of nitro benzene ring substituents is 1. The average Bonchev–Trinajstić information content (AvgIpc) is 3.62. The molecule has 3 aromatic carbocycles. The summed E-state index contributed by atoms with van der Waals surface area (Å²) < 4.78 is 28.9. The number of ether oxygens (including phenoxy) is 5. The summed E-state index contributed by atoms with van der Waals surface area (Å²) in [6.45, 7) is 16.8. The fourth-order valence-corrected chi connectivity index (χ4v) is 7.24. The van der Waals surface area contributed by atoms with Gasteiger partial charge >= 0.3 is 30.3 Å². The highest BCUT2D eigenvalue weighted by Crippen LogP contribution is 2.27. The van der Waals surface area contributed by atoms with Gasteiger partial charge in [0.15, 0.2) is 5.84 Å². The molecule has 0 spiro atoms. The summed E-state index contributed by atoms with van der Waals surface area (Å²) in [6.07, 6.45) is -3.87. The van der Waals surface area contributed by atoms with Crippen molar-refractivity contribution in [3.63, 3.8) is 0 Å². The maximum Gasteiger partial charge on any atom is 0.436 e. The van der Waals surface area contributed by atoms with Gasteiger partial charge in [-0.25, -0.2) is 19.2 Å². The van der Waals surface area contributed by atoms with E-state index in [9.17, 15) is 38.9 Å². The Bertz CT molecular complexity index is 2540. The Morgan fingerprint density at radius 3 is 1.91 bits per heavy atom. The van der Waals surface area contributed by atoms with Gasteiger partial charge in [-0.2, -0.15) is 9.89 Å². The SMILES string of the molecule is CCOC(=O)Cc1cc2c(n1C(=O)OCc1ccccc1)CCN(C(=O)[C@H](Cc1ccc([N+](=O)[O-])cc1)NCc1ccc(C(=NC(=O)OC(C)(C)C)N(C(=O)OC(C)(C)C)C(=O)OC(C)(C)C)cc1)C2. The molecule has 1 aliphatic rings. The van der Waals surface area contributed by atoms with Crippen LogP contribution < -0.4 is 5.32 Å². The van der Waals surface area contributed by atoms with Crippen LogP contribution in [0.15, 0.2) is 89.9 Å². The number of nitrogens with one attached hydrogen (secondary N) is 1. The number of esters is 1. The van der Waals surface area contributed by atoms with E-state index in [0.29, 0.717) is 33.0 Å².